The highest BCUT2D eigenvalue weighted by atomic mass is 16.2. The highest BCUT2D eigenvalue weighted by Gasteiger charge is 2.33. The first-order chi connectivity index (χ1) is 8.58. The summed E-state index contributed by atoms with van der Waals surface area (Å²) in [5, 5.41) is 0. The Kier molecular flexibility index (Phi) is 4.66. The first-order valence-corrected chi connectivity index (χ1v) is 7.62. The molecule has 4 unspecified atom stereocenters. The Hall–Kier alpha value is -0.570. The monoisotopic (exact) mass is 252 g/mol. The maximum atomic E-state index is 12.7. The van der Waals surface area contributed by atoms with Gasteiger partial charge in [0, 0.05) is 19.1 Å². The Morgan fingerprint density at radius 2 is 1.67 bits per heavy atom. The minimum Gasteiger partial charge on any atom is -0.342 e. The van der Waals surface area contributed by atoms with Gasteiger partial charge in [-0.1, -0.05) is 33.1 Å². The summed E-state index contributed by atoms with van der Waals surface area (Å²) in [4.78, 5) is 14.7. The number of nitrogens with zero attached hydrogens (tertiary/aromatic N) is 1. The molecule has 18 heavy (non-hydrogen) atoms. The lowest BCUT2D eigenvalue weighted by molar-refractivity contribution is -0.139. The molecule has 2 rings (SSSR count). The van der Waals surface area contributed by atoms with Crippen molar-refractivity contribution in [2.45, 2.75) is 58.4 Å². The molecule has 1 amide bonds. The van der Waals surface area contributed by atoms with E-state index in [-0.39, 0.29) is 12.0 Å². The van der Waals surface area contributed by atoms with Gasteiger partial charge in [0.15, 0.2) is 0 Å². The Morgan fingerprint density at radius 3 is 2.33 bits per heavy atom. The van der Waals surface area contributed by atoms with Crippen LogP contribution in [0.5, 0.6) is 0 Å². The second-order valence-corrected chi connectivity index (χ2v) is 6.60. The number of piperidine rings is 1. The second kappa shape index (κ2) is 6.05. The normalized spacial score (nSPS) is 38.3. The minimum absolute atomic E-state index is 0.0880. The molecule has 0 aromatic carbocycles. The number of likely N-dealkylation sites (tertiary alicyclic amines) is 1. The fraction of sp³-hybridized carbons (Fsp3) is 0.933. The van der Waals surface area contributed by atoms with E-state index < -0.39 is 0 Å². The molecule has 3 heteroatoms. The molecule has 1 heterocycles. The summed E-state index contributed by atoms with van der Waals surface area (Å²) in [5.74, 6) is 1.70. The molecular formula is C15H28N2O. The summed E-state index contributed by atoms with van der Waals surface area (Å²) < 4.78 is 0. The quantitative estimate of drug-likeness (QED) is 0.728. The van der Waals surface area contributed by atoms with Crippen molar-refractivity contribution < 1.29 is 4.79 Å². The van der Waals surface area contributed by atoms with Crippen molar-refractivity contribution in [3.05, 3.63) is 0 Å². The molecule has 104 valence electrons. The lowest BCUT2D eigenvalue weighted by atomic mass is 9.88. The standard InChI is InChI=1S/C15H28N2O/c1-11-8-12(2)10-17(9-11)15(18)13-6-4-3-5-7-14(13)16/h11-14H,3-10,16H2,1-2H3. The third-order valence-electron chi connectivity index (χ3n) is 4.57. The van der Waals surface area contributed by atoms with Crippen LogP contribution < -0.4 is 5.73 Å². The lowest BCUT2D eigenvalue weighted by Gasteiger charge is -2.37. The van der Waals surface area contributed by atoms with Crippen LogP contribution >= 0.6 is 0 Å². The predicted molar refractivity (Wildman–Crippen MR) is 74.1 cm³/mol. The van der Waals surface area contributed by atoms with E-state index in [1.807, 2.05) is 0 Å². The summed E-state index contributed by atoms with van der Waals surface area (Å²) in [7, 11) is 0. The number of hydrogen-bond donors (Lipinski definition) is 1. The van der Waals surface area contributed by atoms with Crippen LogP contribution in [0.1, 0.15) is 52.4 Å². The molecule has 2 fully saturated rings. The van der Waals surface area contributed by atoms with E-state index in [9.17, 15) is 4.79 Å². The van der Waals surface area contributed by atoms with Crippen molar-refractivity contribution in [3.63, 3.8) is 0 Å². The first kappa shape index (κ1) is 13.9. The molecule has 0 spiro atoms. The largest absolute Gasteiger partial charge is 0.342 e. The van der Waals surface area contributed by atoms with Crippen molar-refractivity contribution >= 4 is 5.91 Å². The Balaban J connectivity index is 2.00. The Labute approximate surface area is 111 Å². The zero-order valence-electron chi connectivity index (χ0n) is 11.9. The van der Waals surface area contributed by atoms with Gasteiger partial charge in [-0.2, -0.15) is 0 Å². The molecule has 1 aliphatic heterocycles. The molecule has 0 radical (unpaired) electrons. The van der Waals surface area contributed by atoms with Crippen molar-refractivity contribution in [2.75, 3.05) is 13.1 Å². The second-order valence-electron chi connectivity index (χ2n) is 6.60. The van der Waals surface area contributed by atoms with Gasteiger partial charge in [0.1, 0.15) is 0 Å². The zero-order chi connectivity index (χ0) is 13.1. The summed E-state index contributed by atoms with van der Waals surface area (Å²) in [6.07, 6.45) is 6.88. The smallest absolute Gasteiger partial charge is 0.227 e. The van der Waals surface area contributed by atoms with E-state index in [2.05, 4.69) is 18.7 Å². The van der Waals surface area contributed by atoms with E-state index in [0.29, 0.717) is 17.7 Å². The number of hydrogen-bond acceptors (Lipinski definition) is 2. The number of carbonyl (C=O) groups excluding carboxylic acids is 1. The highest BCUT2D eigenvalue weighted by molar-refractivity contribution is 5.79. The van der Waals surface area contributed by atoms with Crippen molar-refractivity contribution in [2.24, 2.45) is 23.5 Å². The van der Waals surface area contributed by atoms with Crippen LogP contribution in [0, 0.1) is 17.8 Å². The SMILES string of the molecule is CC1CC(C)CN(C(=O)C2CCCCCC2N)C1. The molecule has 2 N–H and O–H groups in total. The van der Waals surface area contributed by atoms with E-state index in [4.69, 9.17) is 5.73 Å². The van der Waals surface area contributed by atoms with E-state index >= 15 is 0 Å². The number of nitrogens with two attached hydrogens (primary N) is 1. The zero-order valence-corrected chi connectivity index (χ0v) is 11.9. The average Bonchev–Trinajstić information content (AvgIpc) is 2.51. The molecule has 0 aromatic rings. The minimum atomic E-state index is 0.0880. The van der Waals surface area contributed by atoms with Gasteiger partial charge in [0.2, 0.25) is 5.91 Å². The van der Waals surface area contributed by atoms with Gasteiger partial charge in [0.25, 0.3) is 0 Å². The number of amides is 1. The van der Waals surface area contributed by atoms with Gasteiger partial charge in [0.05, 0.1) is 5.92 Å². The van der Waals surface area contributed by atoms with Gasteiger partial charge in [-0.15, -0.1) is 0 Å². The first-order valence-electron chi connectivity index (χ1n) is 7.62. The lowest BCUT2D eigenvalue weighted by Crippen LogP contribution is -2.49. The maximum absolute atomic E-state index is 12.7. The number of rotatable bonds is 1. The van der Waals surface area contributed by atoms with Crippen molar-refractivity contribution in [1.82, 2.24) is 4.90 Å². The Bertz CT molecular complexity index is 282. The van der Waals surface area contributed by atoms with Crippen LogP contribution in [-0.4, -0.2) is 29.9 Å². The van der Waals surface area contributed by atoms with E-state index in [1.54, 1.807) is 0 Å². The fourth-order valence-electron chi connectivity index (χ4n) is 3.72. The van der Waals surface area contributed by atoms with Crippen molar-refractivity contribution in [1.29, 1.82) is 0 Å². The van der Waals surface area contributed by atoms with E-state index in [1.165, 1.54) is 25.7 Å². The summed E-state index contributed by atoms with van der Waals surface area (Å²) >= 11 is 0. The van der Waals surface area contributed by atoms with Crippen LogP contribution in [0.3, 0.4) is 0 Å². The third kappa shape index (κ3) is 3.25. The molecule has 3 nitrogen and oxygen atoms in total. The van der Waals surface area contributed by atoms with Crippen LogP contribution in [0.2, 0.25) is 0 Å². The third-order valence-corrected chi connectivity index (χ3v) is 4.57. The van der Waals surface area contributed by atoms with Crippen molar-refractivity contribution in [3.8, 4) is 0 Å². The molecule has 2 aliphatic rings. The molecule has 0 aromatic heterocycles. The molecule has 1 saturated carbocycles. The van der Waals surface area contributed by atoms with Crippen LogP contribution in [0.4, 0.5) is 0 Å². The van der Waals surface area contributed by atoms with Crippen LogP contribution in [0.25, 0.3) is 0 Å². The van der Waals surface area contributed by atoms with E-state index in [0.717, 1.165) is 25.9 Å². The molecule has 4 atom stereocenters. The summed E-state index contributed by atoms with van der Waals surface area (Å²) in [5.41, 5.74) is 6.21. The Morgan fingerprint density at radius 1 is 1.06 bits per heavy atom. The maximum Gasteiger partial charge on any atom is 0.227 e. The summed E-state index contributed by atoms with van der Waals surface area (Å²) in [6.45, 7) is 6.38. The predicted octanol–water partition coefficient (Wildman–Crippen LogP) is 2.40. The average molecular weight is 252 g/mol. The van der Waals surface area contributed by atoms with Gasteiger partial charge in [-0.3, -0.25) is 4.79 Å². The van der Waals surface area contributed by atoms with Gasteiger partial charge in [-0.25, -0.2) is 0 Å². The molecule has 1 aliphatic carbocycles. The van der Waals surface area contributed by atoms with Crippen LogP contribution in [-0.2, 0) is 4.79 Å². The molecular weight excluding hydrogens is 224 g/mol. The van der Waals surface area contributed by atoms with Gasteiger partial charge in [-0.05, 0) is 31.1 Å². The highest BCUT2D eigenvalue weighted by Crippen LogP contribution is 2.27. The van der Waals surface area contributed by atoms with Crippen LogP contribution in [0.15, 0.2) is 0 Å². The van der Waals surface area contributed by atoms with Gasteiger partial charge >= 0.3 is 0 Å². The van der Waals surface area contributed by atoms with Gasteiger partial charge < -0.3 is 10.6 Å². The fourth-order valence-corrected chi connectivity index (χ4v) is 3.72. The molecule has 1 saturated heterocycles. The molecule has 0 bridgehead atoms. The number of carbonyl (C=O) groups is 1. The topological polar surface area (TPSA) is 46.3 Å². The summed E-state index contributed by atoms with van der Waals surface area (Å²) in [6, 6.07) is 0.0903.